The van der Waals surface area contributed by atoms with Crippen molar-refractivity contribution >= 4 is 0 Å². The van der Waals surface area contributed by atoms with Gasteiger partial charge < -0.3 is 5.32 Å². The van der Waals surface area contributed by atoms with Crippen LogP contribution < -0.4 is 5.32 Å². The van der Waals surface area contributed by atoms with Crippen LogP contribution in [-0.2, 0) is 5.41 Å². The first-order valence-electron chi connectivity index (χ1n) is 6.07. The summed E-state index contributed by atoms with van der Waals surface area (Å²) >= 11 is 0. The van der Waals surface area contributed by atoms with Crippen molar-refractivity contribution < 1.29 is 4.39 Å². The van der Waals surface area contributed by atoms with Crippen LogP contribution in [-0.4, -0.2) is 17.1 Å². The molecule has 0 saturated heterocycles. The SMILES string of the molecule is CC(C)(C)NCCC(C)(C)c1ccncc1F. The minimum absolute atomic E-state index is 0.104. The minimum Gasteiger partial charge on any atom is -0.312 e. The number of rotatable bonds is 4. The summed E-state index contributed by atoms with van der Waals surface area (Å²) in [5, 5.41) is 3.43. The van der Waals surface area contributed by atoms with Gasteiger partial charge in [-0.2, -0.15) is 0 Å². The third-order valence-corrected chi connectivity index (χ3v) is 2.91. The normalized spacial score (nSPS) is 12.8. The van der Waals surface area contributed by atoms with Gasteiger partial charge in [-0.15, -0.1) is 0 Å². The Hall–Kier alpha value is -0.960. The van der Waals surface area contributed by atoms with Gasteiger partial charge in [-0.05, 0) is 50.8 Å². The predicted molar refractivity (Wildman–Crippen MR) is 69.6 cm³/mol. The van der Waals surface area contributed by atoms with Crippen molar-refractivity contribution in [2.24, 2.45) is 0 Å². The molecule has 0 spiro atoms. The first kappa shape index (κ1) is 14.1. The van der Waals surface area contributed by atoms with E-state index in [2.05, 4.69) is 44.9 Å². The van der Waals surface area contributed by atoms with Gasteiger partial charge in [-0.3, -0.25) is 4.98 Å². The number of halogens is 1. The van der Waals surface area contributed by atoms with Crippen LogP contribution in [0, 0.1) is 5.82 Å². The Morgan fingerprint density at radius 3 is 2.41 bits per heavy atom. The molecular weight excluding hydrogens is 215 g/mol. The van der Waals surface area contributed by atoms with Crippen LogP contribution in [0.15, 0.2) is 18.5 Å². The summed E-state index contributed by atoms with van der Waals surface area (Å²) in [7, 11) is 0. The molecule has 0 fully saturated rings. The van der Waals surface area contributed by atoms with Crippen molar-refractivity contribution in [1.82, 2.24) is 10.3 Å². The van der Waals surface area contributed by atoms with E-state index < -0.39 is 0 Å². The summed E-state index contributed by atoms with van der Waals surface area (Å²) in [6.07, 6.45) is 3.83. The summed E-state index contributed by atoms with van der Waals surface area (Å²) in [5.74, 6) is -0.215. The topological polar surface area (TPSA) is 24.9 Å². The molecule has 2 nitrogen and oxygen atoms in total. The number of aromatic nitrogens is 1. The number of hydrogen-bond donors (Lipinski definition) is 1. The maximum atomic E-state index is 13.7. The lowest BCUT2D eigenvalue weighted by atomic mass is 9.81. The highest BCUT2D eigenvalue weighted by atomic mass is 19.1. The highest BCUT2D eigenvalue weighted by molar-refractivity contribution is 5.22. The van der Waals surface area contributed by atoms with Crippen molar-refractivity contribution in [2.45, 2.75) is 52.0 Å². The molecule has 1 aromatic heterocycles. The van der Waals surface area contributed by atoms with Crippen molar-refractivity contribution in [3.63, 3.8) is 0 Å². The Kier molecular flexibility index (Phi) is 4.26. The second-order valence-corrected chi connectivity index (χ2v) is 6.17. The van der Waals surface area contributed by atoms with Gasteiger partial charge in [0.2, 0.25) is 0 Å². The summed E-state index contributed by atoms with van der Waals surface area (Å²) in [6.45, 7) is 11.4. The monoisotopic (exact) mass is 238 g/mol. The van der Waals surface area contributed by atoms with E-state index in [0.29, 0.717) is 0 Å². The molecule has 17 heavy (non-hydrogen) atoms. The van der Waals surface area contributed by atoms with Gasteiger partial charge in [0.25, 0.3) is 0 Å². The molecule has 0 aliphatic rings. The van der Waals surface area contributed by atoms with Gasteiger partial charge in [0.15, 0.2) is 0 Å². The maximum Gasteiger partial charge on any atom is 0.145 e. The van der Waals surface area contributed by atoms with E-state index in [0.717, 1.165) is 18.5 Å². The third-order valence-electron chi connectivity index (χ3n) is 2.91. The molecule has 1 heterocycles. The molecule has 0 atom stereocenters. The lowest BCUT2D eigenvalue weighted by Gasteiger charge is -2.28. The first-order chi connectivity index (χ1) is 7.72. The second-order valence-electron chi connectivity index (χ2n) is 6.17. The zero-order valence-electron chi connectivity index (χ0n) is 11.5. The molecule has 0 aliphatic heterocycles. The van der Waals surface area contributed by atoms with E-state index in [4.69, 9.17) is 0 Å². The predicted octanol–water partition coefficient (Wildman–Crippen LogP) is 3.28. The Morgan fingerprint density at radius 2 is 1.88 bits per heavy atom. The second kappa shape index (κ2) is 5.13. The van der Waals surface area contributed by atoms with Crippen LogP contribution in [0.3, 0.4) is 0 Å². The van der Waals surface area contributed by atoms with Crippen LogP contribution in [0.4, 0.5) is 4.39 Å². The fourth-order valence-corrected chi connectivity index (χ4v) is 1.81. The largest absolute Gasteiger partial charge is 0.312 e. The van der Waals surface area contributed by atoms with Crippen molar-refractivity contribution in [1.29, 1.82) is 0 Å². The van der Waals surface area contributed by atoms with Crippen LogP contribution in [0.1, 0.15) is 46.6 Å². The number of nitrogens with zero attached hydrogens (tertiary/aromatic N) is 1. The van der Waals surface area contributed by atoms with Crippen molar-refractivity contribution in [2.75, 3.05) is 6.54 Å². The average molecular weight is 238 g/mol. The number of nitrogens with one attached hydrogen (secondary N) is 1. The van der Waals surface area contributed by atoms with Gasteiger partial charge in [-0.25, -0.2) is 4.39 Å². The lowest BCUT2D eigenvalue weighted by Crippen LogP contribution is -2.38. The Balaban J connectivity index is 2.66. The zero-order valence-corrected chi connectivity index (χ0v) is 11.5. The summed E-state index contributed by atoms with van der Waals surface area (Å²) in [4.78, 5) is 3.79. The molecule has 1 N–H and O–H groups in total. The molecule has 96 valence electrons. The Labute approximate surface area is 104 Å². The van der Waals surface area contributed by atoms with E-state index >= 15 is 0 Å². The summed E-state index contributed by atoms with van der Waals surface area (Å²) in [5.41, 5.74) is 0.668. The molecule has 3 heteroatoms. The fourth-order valence-electron chi connectivity index (χ4n) is 1.81. The molecule has 0 unspecified atom stereocenters. The highest BCUT2D eigenvalue weighted by Gasteiger charge is 2.24. The van der Waals surface area contributed by atoms with E-state index in [1.165, 1.54) is 6.20 Å². The van der Waals surface area contributed by atoms with Gasteiger partial charge in [0.05, 0.1) is 6.20 Å². The molecule has 1 aromatic rings. The van der Waals surface area contributed by atoms with Crippen molar-refractivity contribution in [3.8, 4) is 0 Å². The molecule has 0 amide bonds. The summed E-state index contributed by atoms with van der Waals surface area (Å²) < 4.78 is 13.7. The van der Waals surface area contributed by atoms with Crippen molar-refractivity contribution in [3.05, 3.63) is 29.8 Å². The van der Waals surface area contributed by atoms with Crippen LogP contribution in [0.2, 0.25) is 0 Å². The van der Waals surface area contributed by atoms with Gasteiger partial charge >= 0.3 is 0 Å². The molecule has 1 rings (SSSR count). The third kappa shape index (κ3) is 4.43. The van der Waals surface area contributed by atoms with Gasteiger partial charge in [0.1, 0.15) is 5.82 Å². The highest BCUT2D eigenvalue weighted by Crippen LogP contribution is 2.28. The first-order valence-corrected chi connectivity index (χ1v) is 6.07. The molecule has 0 bridgehead atoms. The minimum atomic E-state index is -0.215. The fraction of sp³-hybridized carbons (Fsp3) is 0.643. The Bertz CT molecular complexity index is 367. The van der Waals surface area contributed by atoms with Crippen LogP contribution >= 0.6 is 0 Å². The maximum absolute atomic E-state index is 13.7. The van der Waals surface area contributed by atoms with Gasteiger partial charge in [0, 0.05) is 11.7 Å². The lowest BCUT2D eigenvalue weighted by molar-refractivity contribution is 0.372. The molecule has 0 radical (unpaired) electrons. The van der Waals surface area contributed by atoms with Crippen LogP contribution in [0.25, 0.3) is 0 Å². The van der Waals surface area contributed by atoms with E-state index in [9.17, 15) is 4.39 Å². The van der Waals surface area contributed by atoms with E-state index in [1.807, 2.05) is 0 Å². The zero-order chi connectivity index (χ0) is 13.1. The molecule has 0 aliphatic carbocycles. The number of pyridine rings is 1. The molecule has 0 saturated carbocycles. The number of hydrogen-bond acceptors (Lipinski definition) is 2. The molecular formula is C14H23FN2. The smallest absolute Gasteiger partial charge is 0.145 e. The molecule has 0 aromatic carbocycles. The van der Waals surface area contributed by atoms with E-state index in [1.54, 1.807) is 12.3 Å². The van der Waals surface area contributed by atoms with E-state index in [-0.39, 0.29) is 16.8 Å². The summed E-state index contributed by atoms with van der Waals surface area (Å²) in [6, 6.07) is 1.77. The quantitative estimate of drug-likeness (QED) is 0.870. The standard InChI is InChI=1S/C14H23FN2/c1-13(2,3)17-9-7-14(4,5)11-6-8-16-10-12(11)15/h6,8,10,17H,7,9H2,1-5H3. The average Bonchev–Trinajstić information content (AvgIpc) is 2.15. The van der Waals surface area contributed by atoms with Crippen LogP contribution in [0.5, 0.6) is 0 Å². The Morgan fingerprint density at radius 1 is 1.24 bits per heavy atom. The van der Waals surface area contributed by atoms with Gasteiger partial charge in [-0.1, -0.05) is 13.8 Å².